The molecule has 1 aliphatic heterocycles. The van der Waals surface area contributed by atoms with E-state index >= 15 is 0 Å². The largest absolute Gasteiger partial charge is 0.343 e. The zero-order chi connectivity index (χ0) is 19.1. The van der Waals surface area contributed by atoms with Crippen molar-refractivity contribution in [1.82, 2.24) is 20.3 Å². The van der Waals surface area contributed by atoms with Crippen molar-refractivity contribution in [3.05, 3.63) is 0 Å². The number of likely N-dealkylation sites (N-methyl/N-ethyl adjacent to an activating group) is 1. The molecular weight excluding hydrogens is 332 g/mol. The molecule has 25 heavy (non-hydrogen) atoms. The van der Waals surface area contributed by atoms with Gasteiger partial charge in [-0.1, -0.05) is 0 Å². The van der Waals surface area contributed by atoms with Gasteiger partial charge in [0.1, 0.15) is 12.1 Å². The van der Waals surface area contributed by atoms with Crippen LogP contribution in [-0.2, 0) is 19.2 Å². The number of nitrogens with one attached hydrogen (secondary N) is 1. The maximum atomic E-state index is 12.4. The Kier molecular flexibility index (Phi) is 7.78. The Hall–Kier alpha value is -2.20. The molecule has 0 aromatic rings. The molecule has 1 aliphatic rings. The lowest BCUT2D eigenvalue weighted by atomic mass is 10.0. The highest BCUT2D eigenvalue weighted by atomic mass is 16.5. The van der Waals surface area contributed by atoms with Gasteiger partial charge in [0.2, 0.25) is 23.6 Å². The summed E-state index contributed by atoms with van der Waals surface area (Å²) in [5, 5.41) is 22.4. The second-order valence-electron chi connectivity index (χ2n) is 6.09. The highest BCUT2D eigenvalue weighted by Gasteiger charge is 2.37. The second kappa shape index (κ2) is 9.33. The van der Waals surface area contributed by atoms with Gasteiger partial charge in [0.15, 0.2) is 0 Å². The van der Waals surface area contributed by atoms with Crippen LogP contribution >= 0.6 is 0 Å². The lowest BCUT2D eigenvalue weighted by Crippen LogP contribution is -2.62. The number of piperazine rings is 1. The normalized spacial score (nSPS) is 20.3. The molecule has 0 saturated carbocycles. The molecule has 1 saturated heterocycles. The number of carbonyl (C=O) groups excluding carboxylic acids is 4. The van der Waals surface area contributed by atoms with Gasteiger partial charge in [-0.2, -0.15) is 0 Å². The van der Waals surface area contributed by atoms with Crippen LogP contribution in [0.25, 0.3) is 0 Å². The fourth-order valence-corrected chi connectivity index (χ4v) is 2.62. The number of rotatable bonds is 8. The Morgan fingerprint density at radius 2 is 1.52 bits per heavy atom. The van der Waals surface area contributed by atoms with E-state index in [0.717, 1.165) is 0 Å². The Balaban J connectivity index is 2.48. The van der Waals surface area contributed by atoms with Crippen LogP contribution in [0.3, 0.4) is 0 Å². The maximum Gasteiger partial charge on any atom is 0.245 e. The van der Waals surface area contributed by atoms with E-state index in [4.69, 9.17) is 0 Å². The topological polar surface area (TPSA) is 130 Å². The zero-order valence-corrected chi connectivity index (χ0v) is 14.8. The molecule has 0 aliphatic carbocycles. The van der Waals surface area contributed by atoms with Crippen molar-refractivity contribution in [2.24, 2.45) is 0 Å². The minimum Gasteiger partial charge on any atom is -0.343 e. The smallest absolute Gasteiger partial charge is 0.245 e. The fourth-order valence-electron chi connectivity index (χ4n) is 2.62. The van der Waals surface area contributed by atoms with Gasteiger partial charge in [-0.25, -0.2) is 10.1 Å². The van der Waals surface area contributed by atoms with Crippen LogP contribution < -0.4 is 5.32 Å². The van der Waals surface area contributed by atoms with E-state index in [1.165, 1.54) is 25.8 Å². The van der Waals surface area contributed by atoms with Gasteiger partial charge in [0.05, 0.1) is 0 Å². The first-order valence-corrected chi connectivity index (χ1v) is 8.16. The summed E-state index contributed by atoms with van der Waals surface area (Å²) in [6.45, 7) is 2.63. The van der Waals surface area contributed by atoms with E-state index in [2.05, 4.69) is 5.32 Å². The fraction of sp³-hybridized carbons (Fsp3) is 0.733. The van der Waals surface area contributed by atoms with Crippen molar-refractivity contribution in [3.63, 3.8) is 0 Å². The van der Waals surface area contributed by atoms with Gasteiger partial charge in [-0.3, -0.25) is 29.6 Å². The van der Waals surface area contributed by atoms with Crippen molar-refractivity contribution in [1.29, 1.82) is 0 Å². The van der Waals surface area contributed by atoms with Crippen molar-refractivity contribution in [2.45, 2.75) is 51.6 Å². The molecular formula is C15H26N4O6. The SMILES string of the molecule is CC(=O)N(O)CCC[C@@H]1NC(=O)[C@H](CCCN(O)C(C)=O)N(C)C1=O. The monoisotopic (exact) mass is 358 g/mol. The first-order chi connectivity index (χ1) is 11.6. The quantitative estimate of drug-likeness (QED) is 0.390. The van der Waals surface area contributed by atoms with Gasteiger partial charge in [0.25, 0.3) is 0 Å². The number of hydrogen-bond acceptors (Lipinski definition) is 6. The molecule has 0 radical (unpaired) electrons. The molecule has 1 rings (SSSR count). The average molecular weight is 358 g/mol. The van der Waals surface area contributed by atoms with Gasteiger partial charge < -0.3 is 10.2 Å². The Morgan fingerprint density at radius 1 is 1.04 bits per heavy atom. The number of nitrogens with zero attached hydrogens (tertiary/aromatic N) is 3. The summed E-state index contributed by atoms with van der Waals surface area (Å²) in [5.41, 5.74) is 0. The van der Waals surface area contributed by atoms with E-state index in [1.807, 2.05) is 0 Å². The Morgan fingerprint density at radius 3 is 2.00 bits per heavy atom. The summed E-state index contributed by atoms with van der Waals surface area (Å²) in [7, 11) is 1.54. The third-order valence-electron chi connectivity index (χ3n) is 4.17. The zero-order valence-electron chi connectivity index (χ0n) is 14.8. The minimum atomic E-state index is -0.694. The van der Waals surface area contributed by atoms with Gasteiger partial charge in [0, 0.05) is 34.0 Å². The molecule has 4 amide bonds. The van der Waals surface area contributed by atoms with Crippen molar-refractivity contribution >= 4 is 23.6 Å². The van der Waals surface area contributed by atoms with E-state index in [9.17, 15) is 29.6 Å². The van der Waals surface area contributed by atoms with E-state index < -0.39 is 23.9 Å². The van der Waals surface area contributed by atoms with Crippen LogP contribution in [0.15, 0.2) is 0 Å². The molecule has 1 heterocycles. The van der Waals surface area contributed by atoms with E-state index in [0.29, 0.717) is 35.8 Å². The summed E-state index contributed by atoms with van der Waals surface area (Å²) in [6, 6.07) is -1.35. The molecule has 142 valence electrons. The first-order valence-electron chi connectivity index (χ1n) is 8.16. The summed E-state index contributed by atoms with van der Waals surface area (Å²) >= 11 is 0. The third kappa shape index (κ3) is 5.98. The molecule has 0 spiro atoms. The highest BCUT2D eigenvalue weighted by molar-refractivity contribution is 5.96. The Labute approximate surface area is 146 Å². The minimum absolute atomic E-state index is 0.0828. The summed E-state index contributed by atoms with van der Waals surface area (Å²) < 4.78 is 0. The highest BCUT2D eigenvalue weighted by Crippen LogP contribution is 2.16. The number of carbonyl (C=O) groups is 4. The lowest BCUT2D eigenvalue weighted by molar-refractivity contribution is -0.164. The molecule has 10 nitrogen and oxygen atoms in total. The second-order valence-corrected chi connectivity index (χ2v) is 6.09. The first kappa shape index (κ1) is 20.8. The molecule has 1 fully saturated rings. The van der Waals surface area contributed by atoms with Crippen LogP contribution in [0, 0.1) is 0 Å². The number of amides is 4. The maximum absolute atomic E-state index is 12.4. The predicted molar refractivity (Wildman–Crippen MR) is 85.3 cm³/mol. The van der Waals surface area contributed by atoms with Crippen molar-refractivity contribution in [2.75, 3.05) is 20.1 Å². The predicted octanol–water partition coefficient (Wildman–Crippen LogP) is -0.652. The average Bonchev–Trinajstić information content (AvgIpc) is 2.54. The number of hydroxylamine groups is 4. The molecule has 0 aromatic carbocycles. The Bertz CT molecular complexity index is 526. The van der Waals surface area contributed by atoms with E-state index in [1.54, 1.807) is 0 Å². The van der Waals surface area contributed by atoms with Crippen LogP contribution in [0.4, 0.5) is 0 Å². The summed E-state index contributed by atoms with van der Waals surface area (Å²) in [6.07, 6.45) is 1.36. The molecule has 0 aromatic heterocycles. The van der Waals surface area contributed by atoms with E-state index in [-0.39, 0.29) is 24.9 Å². The lowest BCUT2D eigenvalue weighted by Gasteiger charge is -2.37. The van der Waals surface area contributed by atoms with Crippen LogP contribution in [-0.4, -0.2) is 81.3 Å². The van der Waals surface area contributed by atoms with Crippen molar-refractivity contribution < 1.29 is 29.6 Å². The molecule has 10 heteroatoms. The molecule has 2 atom stereocenters. The summed E-state index contributed by atoms with van der Waals surface area (Å²) in [5.74, 6) is -1.52. The molecule has 3 N–H and O–H groups in total. The van der Waals surface area contributed by atoms with Gasteiger partial charge >= 0.3 is 0 Å². The van der Waals surface area contributed by atoms with Gasteiger partial charge in [-0.15, -0.1) is 0 Å². The molecule has 0 unspecified atom stereocenters. The van der Waals surface area contributed by atoms with Gasteiger partial charge in [-0.05, 0) is 25.7 Å². The third-order valence-corrected chi connectivity index (χ3v) is 4.17. The standard InChI is InChI=1S/C15H26N4O6/c1-10(20)18(24)8-4-6-12-15(23)17(3)13(14(22)16-12)7-5-9-19(25)11(2)21/h12-13,24-25H,4-9H2,1-3H3,(H,16,22)/t12-,13-/m0/s1. The van der Waals surface area contributed by atoms with Crippen LogP contribution in [0.2, 0.25) is 0 Å². The number of hydrogen-bond donors (Lipinski definition) is 3. The van der Waals surface area contributed by atoms with Crippen LogP contribution in [0.1, 0.15) is 39.5 Å². The molecule has 0 bridgehead atoms. The van der Waals surface area contributed by atoms with Crippen LogP contribution in [0.5, 0.6) is 0 Å². The summed E-state index contributed by atoms with van der Waals surface area (Å²) in [4.78, 5) is 47.8. The van der Waals surface area contributed by atoms with Crippen molar-refractivity contribution in [3.8, 4) is 0 Å².